The Balaban J connectivity index is 1.20. The number of aliphatic hydroxyl groups excluding tert-OH is 1. The monoisotopic (exact) mass is 671 g/mol. The van der Waals surface area contributed by atoms with Gasteiger partial charge in [0.15, 0.2) is 0 Å². The third kappa shape index (κ3) is 7.45. The number of halogens is 4. The number of ketones is 1. The van der Waals surface area contributed by atoms with Crippen molar-refractivity contribution in [2.24, 2.45) is 0 Å². The van der Waals surface area contributed by atoms with Crippen molar-refractivity contribution in [3.05, 3.63) is 153 Å². The number of piperazine rings is 1. The molecule has 0 bridgehead atoms. The summed E-state index contributed by atoms with van der Waals surface area (Å²) in [5.74, 6) is -6.68. The van der Waals surface area contributed by atoms with Crippen molar-refractivity contribution in [3.8, 4) is 5.69 Å². The van der Waals surface area contributed by atoms with E-state index < -0.39 is 63.8 Å². The summed E-state index contributed by atoms with van der Waals surface area (Å²) < 4.78 is 58.9. The largest absolute Gasteiger partial charge is 0.507 e. The van der Waals surface area contributed by atoms with Crippen molar-refractivity contribution < 1.29 is 32.3 Å². The lowest BCUT2D eigenvalue weighted by molar-refractivity contribution is -0.142. The molecule has 5 aromatic rings. The summed E-state index contributed by atoms with van der Waals surface area (Å²) in [6.45, 7) is 1.24. The highest BCUT2D eigenvalue weighted by Gasteiger charge is 2.26. The Bertz CT molecular complexity index is 2060. The summed E-state index contributed by atoms with van der Waals surface area (Å²) in [5, 5.41) is 15.2. The van der Waals surface area contributed by atoms with Crippen molar-refractivity contribution in [2.45, 2.75) is 13.0 Å². The highest BCUT2D eigenvalue weighted by atomic mass is 19.1. The second-order valence-corrected chi connectivity index (χ2v) is 11.5. The molecule has 1 aliphatic rings. The average molecular weight is 672 g/mol. The summed E-state index contributed by atoms with van der Waals surface area (Å²) >= 11 is 0. The molecule has 0 unspecified atom stereocenters. The van der Waals surface area contributed by atoms with E-state index in [1.807, 2.05) is 36.5 Å². The van der Waals surface area contributed by atoms with Crippen LogP contribution in [0.3, 0.4) is 0 Å². The number of aliphatic hydroxyl groups is 1. The van der Waals surface area contributed by atoms with Crippen LogP contribution in [0.2, 0.25) is 0 Å². The van der Waals surface area contributed by atoms with E-state index in [0.29, 0.717) is 36.9 Å². The van der Waals surface area contributed by atoms with E-state index in [1.165, 1.54) is 35.4 Å². The molecular weight excluding hydrogens is 642 g/mol. The maximum Gasteiger partial charge on any atom is 0.294 e. The molecule has 0 atom stereocenters. The third-order valence-corrected chi connectivity index (χ3v) is 8.20. The first-order valence-corrected chi connectivity index (χ1v) is 15.3. The van der Waals surface area contributed by atoms with Gasteiger partial charge < -0.3 is 19.5 Å². The highest BCUT2D eigenvalue weighted by molar-refractivity contribution is 6.41. The van der Waals surface area contributed by atoms with Gasteiger partial charge >= 0.3 is 0 Å². The number of rotatable bonds is 9. The van der Waals surface area contributed by atoms with Gasteiger partial charge in [-0.1, -0.05) is 12.1 Å². The lowest BCUT2D eigenvalue weighted by atomic mass is 10.0. The number of aromatic nitrogens is 3. The molecule has 1 N–H and O–H groups in total. The fourth-order valence-corrected chi connectivity index (χ4v) is 5.65. The van der Waals surface area contributed by atoms with Crippen LogP contribution in [0.4, 0.5) is 23.2 Å². The normalized spacial score (nSPS) is 13.5. The molecule has 250 valence electrons. The first-order chi connectivity index (χ1) is 23.5. The van der Waals surface area contributed by atoms with E-state index in [9.17, 15) is 37.1 Å². The van der Waals surface area contributed by atoms with Gasteiger partial charge in [-0.15, -0.1) is 0 Å². The van der Waals surface area contributed by atoms with Gasteiger partial charge in [0, 0.05) is 80.6 Å². The zero-order valence-electron chi connectivity index (χ0n) is 25.9. The van der Waals surface area contributed by atoms with Gasteiger partial charge in [-0.3, -0.25) is 14.4 Å². The molecule has 0 spiro atoms. The first kappa shape index (κ1) is 32.9. The van der Waals surface area contributed by atoms with E-state index in [2.05, 4.69) is 10.00 Å². The van der Waals surface area contributed by atoms with Crippen LogP contribution in [0, 0.1) is 23.3 Å². The molecule has 49 heavy (non-hydrogen) atoms. The minimum absolute atomic E-state index is 0.120. The number of carbonyl (C=O) groups is 2. The Hall–Kier alpha value is -5.98. The molecule has 1 saturated heterocycles. The fraction of sp³-hybridized carbons (Fsp3) is 0.167. The van der Waals surface area contributed by atoms with Crippen LogP contribution in [0.5, 0.6) is 0 Å². The minimum Gasteiger partial charge on any atom is -0.507 e. The molecule has 9 nitrogen and oxygen atoms in total. The first-order valence-electron chi connectivity index (χ1n) is 15.3. The highest BCUT2D eigenvalue weighted by Crippen LogP contribution is 2.22. The molecule has 1 fully saturated rings. The van der Waals surface area contributed by atoms with Crippen LogP contribution < -0.4 is 10.5 Å². The molecular formula is C36H29F4N5O4. The summed E-state index contributed by atoms with van der Waals surface area (Å²) in [6.07, 6.45) is 5.01. The Labute approximate surface area is 277 Å². The lowest BCUT2D eigenvalue weighted by Gasteiger charge is -2.35. The van der Waals surface area contributed by atoms with Crippen molar-refractivity contribution in [1.82, 2.24) is 19.2 Å². The van der Waals surface area contributed by atoms with E-state index in [1.54, 1.807) is 10.9 Å². The van der Waals surface area contributed by atoms with Gasteiger partial charge in [0.2, 0.25) is 5.78 Å². The van der Waals surface area contributed by atoms with Gasteiger partial charge in [0.05, 0.1) is 17.8 Å². The van der Waals surface area contributed by atoms with E-state index in [4.69, 9.17) is 0 Å². The van der Waals surface area contributed by atoms with E-state index >= 15 is 0 Å². The maximum absolute atomic E-state index is 14.5. The van der Waals surface area contributed by atoms with Crippen molar-refractivity contribution in [2.75, 3.05) is 31.1 Å². The van der Waals surface area contributed by atoms with Crippen LogP contribution in [0.25, 0.3) is 11.4 Å². The Morgan fingerprint density at radius 2 is 1.47 bits per heavy atom. The molecule has 1 aliphatic heterocycles. The quantitative estimate of drug-likeness (QED) is 0.102. The molecule has 6 rings (SSSR count). The van der Waals surface area contributed by atoms with Gasteiger partial charge in [-0.05, 0) is 59.7 Å². The van der Waals surface area contributed by atoms with Crippen LogP contribution >= 0.6 is 0 Å². The summed E-state index contributed by atoms with van der Waals surface area (Å²) in [7, 11) is 0. The number of anilines is 1. The number of hydrogen-bond acceptors (Lipinski definition) is 6. The molecule has 0 saturated carbocycles. The minimum atomic E-state index is -1.15. The van der Waals surface area contributed by atoms with Gasteiger partial charge in [0.1, 0.15) is 29.0 Å². The standard InChI is InChI=1S/C36H29F4N5O4/c37-25-4-2-23(3-5-25)21-44-22-24(16-29-31(39)18-26(38)19-32(29)40)17-30(35(44)48)33(46)20-34(47)36(49)43-14-12-42(13-15-43)27-6-8-28(9-7-27)45-11-1-10-41-45/h1-11,17-20,22,46H,12-16,21H2. The Kier molecular flexibility index (Phi) is 9.42. The zero-order valence-corrected chi connectivity index (χ0v) is 25.9. The molecule has 3 aromatic carbocycles. The Morgan fingerprint density at radius 1 is 0.816 bits per heavy atom. The molecule has 0 radical (unpaired) electrons. The SMILES string of the molecule is O=C(C=C(O)c1cc(Cc2c(F)cc(F)cc2F)cn(Cc2ccc(F)cc2)c1=O)C(=O)N1CCN(c2ccc(-n3cccn3)cc2)CC1. The number of hydrogen-bond donors (Lipinski definition) is 1. The Morgan fingerprint density at radius 3 is 2.10 bits per heavy atom. The number of benzene rings is 3. The van der Waals surface area contributed by atoms with Crippen LogP contribution in [-0.2, 0) is 22.6 Å². The number of nitrogens with zero attached hydrogens (tertiary/aromatic N) is 5. The van der Waals surface area contributed by atoms with Crippen LogP contribution in [0.15, 0.2) is 102 Å². The summed E-state index contributed by atoms with van der Waals surface area (Å²) in [4.78, 5) is 43.0. The number of amides is 1. The molecule has 3 heterocycles. The second kappa shape index (κ2) is 14.0. The van der Waals surface area contributed by atoms with Crippen LogP contribution in [-0.4, -0.2) is 62.2 Å². The van der Waals surface area contributed by atoms with E-state index in [-0.39, 0.29) is 25.2 Å². The molecule has 1 amide bonds. The maximum atomic E-state index is 14.5. The number of carbonyl (C=O) groups excluding carboxylic acids is 2. The average Bonchev–Trinajstić information content (AvgIpc) is 3.64. The second-order valence-electron chi connectivity index (χ2n) is 11.5. The smallest absolute Gasteiger partial charge is 0.294 e. The lowest BCUT2D eigenvalue weighted by Crippen LogP contribution is -2.50. The van der Waals surface area contributed by atoms with Crippen molar-refractivity contribution >= 4 is 23.1 Å². The molecule has 2 aromatic heterocycles. The van der Waals surface area contributed by atoms with E-state index in [0.717, 1.165) is 22.0 Å². The third-order valence-electron chi connectivity index (χ3n) is 8.20. The van der Waals surface area contributed by atoms with Gasteiger partial charge in [-0.25, -0.2) is 22.2 Å². The topological polar surface area (TPSA) is 101 Å². The summed E-state index contributed by atoms with van der Waals surface area (Å²) in [6, 6.07) is 17.0. The summed E-state index contributed by atoms with van der Waals surface area (Å²) in [5.41, 5.74) is 0.775. The predicted molar refractivity (Wildman–Crippen MR) is 173 cm³/mol. The van der Waals surface area contributed by atoms with Crippen molar-refractivity contribution in [1.29, 1.82) is 0 Å². The molecule has 13 heteroatoms. The van der Waals surface area contributed by atoms with Gasteiger partial charge in [0.25, 0.3) is 11.5 Å². The van der Waals surface area contributed by atoms with Crippen LogP contribution in [0.1, 0.15) is 22.3 Å². The fourth-order valence-electron chi connectivity index (χ4n) is 5.65. The molecule has 0 aliphatic carbocycles. The zero-order chi connectivity index (χ0) is 34.7. The van der Waals surface area contributed by atoms with Gasteiger partial charge in [-0.2, -0.15) is 5.10 Å². The predicted octanol–water partition coefficient (Wildman–Crippen LogP) is 5.05. The number of pyridine rings is 1. The van der Waals surface area contributed by atoms with Crippen molar-refractivity contribution in [3.63, 3.8) is 0 Å².